The normalized spacial score (nSPS) is 15.1. The van der Waals surface area contributed by atoms with Crippen LogP contribution in [0.15, 0.2) is 27.6 Å². The number of sulfonamides is 1. The first-order chi connectivity index (χ1) is 13.2. The predicted octanol–water partition coefficient (Wildman–Crippen LogP) is 3.38. The number of anilines is 1. The molecule has 0 radical (unpaired) electrons. The highest BCUT2D eigenvalue weighted by Crippen LogP contribution is 2.26. The van der Waals surface area contributed by atoms with Gasteiger partial charge in [0.25, 0.3) is 0 Å². The lowest BCUT2D eigenvalue weighted by molar-refractivity contribution is -0.116. The van der Waals surface area contributed by atoms with Gasteiger partial charge in [-0.2, -0.15) is 9.40 Å². The van der Waals surface area contributed by atoms with Crippen LogP contribution in [0.1, 0.15) is 36.2 Å². The number of rotatable bonds is 6. The fourth-order valence-corrected chi connectivity index (χ4v) is 5.62. The molecule has 9 heteroatoms. The Hall–Kier alpha value is -1.71. The molecule has 2 heterocycles. The third-order valence-corrected chi connectivity index (χ3v) is 8.01. The van der Waals surface area contributed by atoms with Gasteiger partial charge in [0.15, 0.2) is 0 Å². The summed E-state index contributed by atoms with van der Waals surface area (Å²) >= 11 is 3.44. The quantitative estimate of drug-likeness (QED) is 0.703. The summed E-state index contributed by atoms with van der Waals surface area (Å²) in [6.45, 7) is 6.85. The summed E-state index contributed by atoms with van der Waals surface area (Å²) in [5.41, 5.74) is 2.83. The molecule has 0 bridgehead atoms. The van der Waals surface area contributed by atoms with E-state index in [1.807, 2.05) is 25.1 Å². The minimum absolute atomic E-state index is 0.141. The SMILES string of the molecule is Cc1cc(NC(=O)CCn2nc(C)c(S(=O)(=O)N3CCCC3)c2C)ccc1Br. The van der Waals surface area contributed by atoms with Gasteiger partial charge >= 0.3 is 0 Å². The van der Waals surface area contributed by atoms with Crippen molar-refractivity contribution in [3.05, 3.63) is 39.6 Å². The molecule has 152 valence electrons. The number of nitrogens with zero attached hydrogens (tertiary/aromatic N) is 3. The molecule has 2 aromatic rings. The second-order valence-electron chi connectivity index (χ2n) is 7.10. The summed E-state index contributed by atoms with van der Waals surface area (Å²) in [5, 5.41) is 7.25. The van der Waals surface area contributed by atoms with E-state index in [0.717, 1.165) is 28.6 Å². The molecule has 1 amide bonds. The van der Waals surface area contributed by atoms with Crippen LogP contribution in [-0.4, -0.2) is 41.5 Å². The van der Waals surface area contributed by atoms with E-state index in [9.17, 15) is 13.2 Å². The topological polar surface area (TPSA) is 84.3 Å². The molecule has 1 aromatic carbocycles. The molecule has 0 spiro atoms. The van der Waals surface area contributed by atoms with E-state index in [4.69, 9.17) is 0 Å². The molecule has 0 atom stereocenters. The maximum atomic E-state index is 12.9. The van der Waals surface area contributed by atoms with Crippen LogP contribution in [0, 0.1) is 20.8 Å². The molecule has 1 aliphatic heterocycles. The van der Waals surface area contributed by atoms with Gasteiger partial charge in [0.2, 0.25) is 15.9 Å². The van der Waals surface area contributed by atoms with Crippen LogP contribution in [0.2, 0.25) is 0 Å². The first kappa shape index (κ1) is 21.0. The number of halogens is 1. The van der Waals surface area contributed by atoms with E-state index in [1.165, 1.54) is 4.31 Å². The van der Waals surface area contributed by atoms with Gasteiger partial charge in [0.1, 0.15) is 4.90 Å². The molecule has 3 rings (SSSR count). The van der Waals surface area contributed by atoms with Gasteiger partial charge in [-0.1, -0.05) is 15.9 Å². The standard InChI is InChI=1S/C19H25BrN4O3S/c1-13-12-16(6-7-17(13)20)21-18(25)8-11-24-15(3)19(14(2)22-24)28(26,27)23-9-4-5-10-23/h6-7,12H,4-5,8-11H2,1-3H3,(H,21,25). The second kappa shape index (κ2) is 8.34. The van der Waals surface area contributed by atoms with Gasteiger partial charge in [-0.3, -0.25) is 9.48 Å². The van der Waals surface area contributed by atoms with Crippen LogP contribution in [-0.2, 0) is 21.4 Å². The van der Waals surface area contributed by atoms with E-state index in [0.29, 0.717) is 31.0 Å². The average molecular weight is 469 g/mol. The van der Waals surface area contributed by atoms with Crippen molar-refractivity contribution in [3.63, 3.8) is 0 Å². The molecule has 7 nitrogen and oxygen atoms in total. The fraction of sp³-hybridized carbons (Fsp3) is 0.474. The first-order valence-electron chi connectivity index (χ1n) is 9.30. The van der Waals surface area contributed by atoms with E-state index in [2.05, 4.69) is 26.3 Å². The molecule has 1 N–H and O–H groups in total. The minimum atomic E-state index is -3.53. The Labute approximate surface area is 174 Å². The Morgan fingerprint density at radius 1 is 1.21 bits per heavy atom. The van der Waals surface area contributed by atoms with E-state index in [-0.39, 0.29) is 17.2 Å². The van der Waals surface area contributed by atoms with Crippen LogP contribution >= 0.6 is 15.9 Å². The number of carbonyl (C=O) groups excluding carboxylic acids is 1. The molecule has 1 aliphatic rings. The predicted molar refractivity (Wildman–Crippen MR) is 112 cm³/mol. The molecule has 0 aliphatic carbocycles. The minimum Gasteiger partial charge on any atom is -0.326 e. The van der Waals surface area contributed by atoms with Gasteiger partial charge in [-0.05, 0) is 57.4 Å². The molecular weight excluding hydrogens is 444 g/mol. The molecule has 0 unspecified atom stereocenters. The lowest BCUT2D eigenvalue weighted by Gasteiger charge is -2.15. The number of nitrogens with one attached hydrogen (secondary N) is 1. The number of benzene rings is 1. The maximum absolute atomic E-state index is 12.9. The van der Waals surface area contributed by atoms with Gasteiger partial charge < -0.3 is 5.32 Å². The molecule has 1 fully saturated rings. The Morgan fingerprint density at radius 2 is 1.89 bits per heavy atom. The van der Waals surface area contributed by atoms with Crippen molar-refractivity contribution in [3.8, 4) is 0 Å². The maximum Gasteiger partial charge on any atom is 0.246 e. The molecule has 28 heavy (non-hydrogen) atoms. The second-order valence-corrected chi connectivity index (χ2v) is 9.83. The smallest absolute Gasteiger partial charge is 0.246 e. The van der Waals surface area contributed by atoms with Gasteiger partial charge in [-0.15, -0.1) is 0 Å². The first-order valence-corrected chi connectivity index (χ1v) is 11.5. The van der Waals surface area contributed by atoms with Crippen molar-refractivity contribution in [1.29, 1.82) is 0 Å². The van der Waals surface area contributed by atoms with Crippen molar-refractivity contribution < 1.29 is 13.2 Å². The molecule has 1 saturated heterocycles. The highest BCUT2D eigenvalue weighted by atomic mass is 79.9. The lowest BCUT2D eigenvalue weighted by atomic mass is 10.2. The van der Waals surface area contributed by atoms with Crippen molar-refractivity contribution in [2.75, 3.05) is 18.4 Å². The monoisotopic (exact) mass is 468 g/mol. The largest absolute Gasteiger partial charge is 0.326 e. The van der Waals surface area contributed by atoms with Gasteiger partial charge in [0, 0.05) is 29.7 Å². The van der Waals surface area contributed by atoms with E-state index < -0.39 is 10.0 Å². The lowest BCUT2D eigenvalue weighted by Crippen LogP contribution is -2.28. The third-order valence-electron chi connectivity index (χ3n) is 4.97. The zero-order valence-corrected chi connectivity index (χ0v) is 18.7. The van der Waals surface area contributed by atoms with Crippen LogP contribution < -0.4 is 5.32 Å². The molecule has 1 aromatic heterocycles. The zero-order valence-electron chi connectivity index (χ0n) is 16.3. The fourth-order valence-electron chi connectivity index (χ4n) is 3.48. The highest BCUT2D eigenvalue weighted by molar-refractivity contribution is 9.10. The van der Waals surface area contributed by atoms with Crippen molar-refractivity contribution in [2.45, 2.75) is 51.5 Å². The Kier molecular flexibility index (Phi) is 6.26. The highest BCUT2D eigenvalue weighted by Gasteiger charge is 2.32. The number of aromatic nitrogens is 2. The van der Waals surface area contributed by atoms with Crippen LogP contribution in [0.25, 0.3) is 0 Å². The van der Waals surface area contributed by atoms with Crippen molar-refractivity contribution in [1.82, 2.24) is 14.1 Å². The average Bonchev–Trinajstić information content (AvgIpc) is 3.25. The Balaban J connectivity index is 1.69. The van der Waals surface area contributed by atoms with Crippen LogP contribution in [0.5, 0.6) is 0 Å². The zero-order chi connectivity index (χ0) is 20.5. The Morgan fingerprint density at radius 3 is 2.54 bits per heavy atom. The number of amides is 1. The number of carbonyl (C=O) groups is 1. The van der Waals surface area contributed by atoms with Crippen molar-refractivity contribution in [2.24, 2.45) is 0 Å². The summed E-state index contributed by atoms with van der Waals surface area (Å²) in [7, 11) is -3.53. The van der Waals surface area contributed by atoms with Crippen molar-refractivity contribution >= 4 is 37.5 Å². The van der Waals surface area contributed by atoms with Gasteiger partial charge in [-0.25, -0.2) is 8.42 Å². The van der Waals surface area contributed by atoms with Crippen LogP contribution in [0.4, 0.5) is 5.69 Å². The summed E-state index contributed by atoms with van der Waals surface area (Å²) in [6, 6.07) is 5.62. The Bertz CT molecular complexity index is 995. The summed E-state index contributed by atoms with van der Waals surface area (Å²) in [4.78, 5) is 12.6. The van der Waals surface area contributed by atoms with Gasteiger partial charge in [0.05, 0.1) is 17.9 Å². The van der Waals surface area contributed by atoms with E-state index in [1.54, 1.807) is 18.5 Å². The molecule has 0 saturated carbocycles. The summed E-state index contributed by atoms with van der Waals surface area (Å²) < 4.78 is 30.0. The molecular formula is C19H25BrN4O3S. The number of hydrogen-bond donors (Lipinski definition) is 1. The number of aryl methyl sites for hydroxylation is 3. The number of hydrogen-bond acceptors (Lipinski definition) is 4. The summed E-state index contributed by atoms with van der Waals surface area (Å²) in [6.07, 6.45) is 1.99. The van der Waals surface area contributed by atoms with E-state index >= 15 is 0 Å². The summed E-state index contributed by atoms with van der Waals surface area (Å²) in [5.74, 6) is -0.141. The third kappa shape index (κ3) is 4.31. The van der Waals surface area contributed by atoms with Crippen LogP contribution in [0.3, 0.4) is 0 Å².